The van der Waals surface area contributed by atoms with Crippen molar-refractivity contribution >= 4 is 37.8 Å². The second-order valence-corrected chi connectivity index (χ2v) is 3.96. The minimum Gasteiger partial charge on any atom is -0.478 e. The van der Waals surface area contributed by atoms with Crippen molar-refractivity contribution in [2.24, 2.45) is 0 Å². The summed E-state index contributed by atoms with van der Waals surface area (Å²) < 4.78 is 25.0. The molecule has 0 fully saturated rings. The van der Waals surface area contributed by atoms with Gasteiger partial charge in [-0.05, 0) is 37.9 Å². The summed E-state index contributed by atoms with van der Waals surface area (Å²) in [4.78, 5) is 14.1. The van der Waals surface area contributed by atoms with Crippen LogP contribution in [-0.4, -0.2) is 16.1 Å². The highest BCUT2D eigenvalue weighted by atomic mass is 79.9. The Hall–Kier alpha value is -0.560. The second-order valence-electron chi connectivity index (χ2n) is 2.29. The van der Waals surface area contributed by atoms with Crippen molar-refractivity contribution in [1.29, 1.82) is 0 Å². The number of aromatic carboxylic acids is 1. The summed E-state index contributed by atoms with van der Waals surface area (Å²) in [6.07, 6.45) is -2.92. The first-order valence-electron chi connectivity index (χ1n) is 3.31. The predicted octanol–water partition coefficient (Wildman–Crippen LogP) is 3.24. The standard InChI is InChI=1S/C7H3Br2F2NO2/c8-2-1-3(9)12-5(6(10)11)4(2)7(13)14/h1,6H,(H,13,14). The third-order valence-corrected chi connectivity index (χ3v) is 2.42. The number of carboxylic acid groups (broad SMARTS) is 1. The van der Waals surface area contributed by atoms with E-state index in [0.29, 0.717) is 0 Å². The van der Waals surface area contributed by atoms with Crippen molar-refractivity contribution in [1.82, 2.24) is 4.98 Å². The van der Waals surface area contributed by atoms with Gasteiger partial charge in [0.15, 0.2) is 0 Å². The van der Waals surface area contributed by atoms with Crippen LogP contribution in [0.1, 0.15) is 22.5 Å². The van der Waals surface area contributed by atoms with Crippen molar-refractivity contribution in [2.45, 2.75) is 6.43 Å². The highest BCUT2D eigenvalue weighted by Gasteiger charge is 2.23. The highest BCUT2D eigenvalue weighted by Crippen LogP contribution is 2.29. The van der Waals surface area contributed by atoms with E-state index in [1.165, 1.54) is 6.07 Å². The number of hydrogen-bond acceptors (Lipinski definition) is 2. The summed E-state index contributed by atoms with van der Waals surface area (Å²) >= 11 is 5.78. The number of aromatic nitrogens is 1. The van der Waals surface area contributed by atoms with Gasteiger partial charge >= 0.3 is 5.97 Å². The predicted molar refractivity (Wildman–Crippen MR) is 51.6 cm³/mol. The zero-order valence-electron chi connectivity index (χ0n) is 6.47. The number of halogens is 4. The first kappa shape index (κ1) is 11.5. The molecule has 1 aromatic rings. The van der Waals surface area contributed by atoms with Crippen LogP contribution in [0.5, 0.6) is 0 Å². The van der Waals surface area contributed by atoms with Gasteiger partial charge in [0.25, 0.3) is 6.43 Å². The molecule has 1 aromatic heterocycles. The Morgan fingerprint density at radius 3 is 2.50 bits per heavy atom. The van der Waals surface area contributed by atoms with E-state index in [-0.39, 0.29) is 9.08 Å². The van der Waals surface area contributed by atoms with E-state index in [9.17, 15) is 13.6 Å². The van der Waals surface area contributed by atoms with Crippen LogP contribution in [0, 0.1) is 0 Å². The van der Waals surface area contributed by atoms with Gasteiger partial charge in [0.2, 0.25) is 0 Å². The molecule has 14 heavy (non-hydrogen) atoms. The lowest BCUT2D eigenvalue weighted by molar-refractivity contribution is 0.0681. The molecule has 0 aliphatic heterocycles. The fraction of sp³-hybridized carbons (Fsp3) is 0.143. The molecule has 0 unspecified atom stereocenters. The summed E-state index contributed by atoms with van der Waals surface area (Å²) in [6, 6.07) is 1.30. The molecule has 1 heterocycles. The molecule has 0 atom stereocenters. The number of nitrogens with zero attached hydrogens (tertiary/aromatic N) is 1. The SMILES string of the molecule is O=C(O)c1c(Br)cc(Br)nc1C(F)F. The molecule has 7 heteroatoms. The maximum Gasteiger partial charge on any atom is 0.338 e. The summed E-state index contributed by atoms with van der Waals surface area (Å²) in [5, 5.41) is 8.67. The molecule has 0 saturated carbocycles. The van der Waals surface area contributed by atoms with Gasteiger partial charge in [-0.25, -0.2) is 18.6 Å². The first-order valence-corrected chi connectivity index (χ1v) is 4.89. The Kier molecular flexibility index (Phi) is 3.54. The minimum absolute atomic E-state index is 0.0715. The van der Waals surface area contributed by atoms with E-state index in [1.807, 2.05) is 0 Å². The molecule has 1 rings (SSSR count). The molecule has 76 valence electrons. The first-order chi connectivity index (χ1) is 6.43. The molecule has 0 bridgehead atoms. The molecular formula is C7H3Br2F2NO2. The van der Waals surface area contributed by atoms with Crippen molar-refractivity contribution in [3.05, 3.63) is 26.4 Å². The Balaban J connectivity index is 3.44. The van der Waals surface area contributed by atoms with Gasteiger partial charge in [-0.15, -0.1) is 0 Å². The quantitative estimate of drug-likeness (QED) is 0.847. The van der Waals surface area contributed by atoms with Gasteiger partial charge in [0.05, 0.1) is 0 Å². The number of alkyl halides is 2. The van der Waals surface area contributed by atoms with E-state index >= 15 is 0 Å². The molecule has 0 aromatic carbocycles. The van der Waals surface area contributed by atoms with E-state index in [0.717, 1.165) is 0 Å². The zero-order valence-corrected chi connectivity index (χ0v) is 9.64. The van der Waals surface area contributed by atoms with E-state index in [2.05, 4.69) is 36.8 Å². The van der Waals surface area contributed by atoms with Crippen LogP contribution in [-0.2, 0) is 0 Å². The van der Waals surface area contributed by atoms with Gasteiger partial charge in [-0.3, -0.25) is 0 Å². The lowest BCUT2D eigenvalue weighted by atomic mass is 10.2. The second kappa shape index (κ2) is 4.31. The molecule has 0 saturated heterocycles. The van der Waals surface area contributed by atoms with Crippen LogP contribution < -0.4 is 0 Å². The maximum atomic E-state index is 12.4. The van der Waals surface area contributed by atoms with Crippen LogP contribution in [0.4, 0.5) is 8.78 Å². The van der Waals surface area contributed by atoms with Gasteiger partial charge in [0, 0.05) is 4.47 Å². The van der Waals surface area contributed by atoms with E-state index in [1.54, 1.807) is 0 Å². The Morgan fingerprint density at radius 1 is 1.50 bits per heavy atom. The van der Waals surface area contributed by atoms with Crippen LogP contribution in [0.25, 0.3) is 0 Å². The monoisotopic (exact) mass is 329 g/mol. The van der Waals surface area contributed by atoms with Gasteiger partial charge in [-0.1, -0.05) is 0 Å². The number of carboxylic acids is 1. The summed E-state index contributed by atoms with van der Waals surface area (Å²) in [7, 11) is 0. The van der Waals surface area contributed by atoms with Crippen molar-refractivity contribution in [3.63, 3.8) is 0 Å². The average molecular weight is 331 g/mol. The van der Waals surface area contributed by atoms with E-state index < -0.39 is 23.7 Å². The van der Waals surface area contributed by atoms with E-state index in [4.69, 9.17) is 5.11 Å². The van der Waals surface area contributed by atoms with Crippen LogP contribution in [0.15, 0.2) is 15.1 Å². The molecule has 3 nitrogen and oxygen atoms in total. The van der Waals surface area contributed by atoms with Gasteiger partial charge in [0.1, 0.15) is 15.9 Å². The van der Waals surface area contributed by atoms with Gasteiger partial charge in [-0.2, -0.15) is 0 Å². The number of hydrogen-bond donors (Lipinski definition) is 1. The number of rotatable bonds is 2. The largest absolute Gasteiger partial charge is 0.478 e. The molecule has 0 aliphatic carbocycles. The summed E-state index contributed by atoms with van der Waals surface area (Å²) in [6.45, 7) is 0. The zero-order chi connectivity index (χ0) is 10.9. The average Bonchev–Trinajstić information content (AvgIpc) is 2.01. The third-order valence-electron chi connectivity index (χ3n) is 1.39. The molecule has 0 radical (unpaired) electrons. The highest BCUT2D eigenvalue weighted by molar-refractivity contribution is 9.11. The topological polar surface area (TPSA) is 50.2 Å². The van der Waals surface area contributed by atoms with Crippen molar-refractivity contribution in [3.8, 4) is 0 Å². The maximum absolute atomic E-state index is 12.4. The number of pyridine rings is 1. The van der Waals surface area contributed by atoms with Crippen molar-refractivity contribution < 1.29 is 18.7 Å². The number of carbonyl (C=O) groups is 1. The van der Waals surface area contributed by atoms with Crippen LogP contribution >= 0.6 is 31.9 Å². The molecule has 1 N–H and O–H groups in total. The Labute approximate surface area is 94.4 Å². The van der Waals surface area contributed by atoms with Crippen molar-refractivity contribution in [2.75, 3.05) is 0 Å². The molecule has 0 amide bonds. The summed E-state index contributed by atoms with van der Waals surface area (Å²) in [5.74, 6) is -1.44. The fourth-order valence-electron chi connectivity index (χ4n) is 0.872. The lowest BCUT2D eigenvalue weighted by Gasteiger charge is -2.06. The van der Waals surface area contributed by atoms with Crippen LogP contribution in [0.2, 0.25) is 0 Å². The minimum atomic E-state index is -2.92. The molecular weight excluding hydrogens is 328 g/mol. The van der Waals surface area contributed by atoms with Gasteiger partial charge < -0.3 is 5.11 Å². The van der Waals surface area contributed by atoms with Crippen LogP contribution in [0.3, 0.4) is 0 Å². The molecule has 0 spiro atoms. The fourth-order valence-corrected chi connectivity index (χ4v) is 2.19. The Bertz CT molecular complexity index is 384. The lowest BCUT2D eigenvalue weighted by Crippen LogP contribution is -2.07. The Morgan fingerprint density at radius 2 is 2.07 bits per heavy atom. The third kappa shape index (κ3) is 2.27. The molecule has 0 aliphatic rings. The smallest absolute Gasteiger partial charge is 0.338 e. The summed E-state index contributed by atoms with van der Waals surface area (Å²) in [5.41, 5.74) is -1.26. The normalized spacial score (nSPS) is 10.6.